The molecule has 0 amide bonds. The summed E-state index contributed by atoms with van der Waals surface area (Å²) in [5, 5.41) is 0. The third-order valence-electron chi connectivity index (χ3n) is 12.0. The smallest absolute Gasteiger partial charge is 0.340 e. The largest absolute Gasteiger partial charge is 0.462 e. The lowest BCUT2D eigenvalue weighted by atomic mass is 10.0. The molecule has 1 rings (SSSR count). The predicted octanol–water partition coefficient (Wildman–Crippen LogP) is 17.2. The Hall–Kier alpha value is -2.45. The van der Waals surface area contributed by atoms with E-state index in [0.717, 1.165) is 63.9 Å². The van der Waals surface area contributed by atoms with Crippen LogP contribution in [0.25, 0.3) is 0 Å². The number of carbonyl (C=O) groups excluding carboxylic acids is 2. The molecular weight excluding hydrogens is 793 g/mol. The lowest BCUT2D eigenvalue weighted by Crippen LogP contribution is -2.19. The van der Waals surface area contributed by atoms with E-state index in [-0.39, 0.29) is 18.8 Å². The molecule has 0 aliphatic heterocycles. The van der Waals surface area contributed by atoms with E-state index in [2.05, 4.69) is 38.2 Å². The standard InChI is InChI=1S/C54H94O7S/c1-3-5-7-9-11-13-15-17-19-21-23-25-27-29-31-33-35-37-39-41-43-48-60-53(55)50-46-45-47-51(62(57,58)59)52(50)54(56)61-49-44-42-40-38-36-34-32-30-28-26-24-22-20-18-16-14-12-10-8-6-4-2/h27-30,45-47H,3-26,31-44,48-49H2,1-2H3,(H,57,58,59)/b29-27+,30-28+. The van der Waals surface area contributed by atoms with E-state index in [9.17, 15) is 22.6 Å². The number of hydrogen-bond donors (Lipinski definition) is 1. The van der Waals surface area contributed by atoms with Gasteiger partial charge in [-0.05, 0) is 76.3 Å². The van der Waals surface area contributed by atoms with Gasteiger partial charge in [-0.1, -0.05) is 224 Å². The number of allylic oxidation sites excluding steroid dienone is 4. The van der Waals surface area contributed by atoms with Gasteiger partial charge in [0.1, 0.15) is 4.90 Å². The van der Waals surface area contributed by atoms with Crippen LogP contribution in [0.15, 0.2) is 47.4 Å². The van der Waals surface area contributed by atoms with E-state index in [1.165, 1.54) is 185 Å². The fourth-order valence-electron chi connectivity index (χ4n) is 8.07. The van der Waals surface area contributed by atoms with E-state index in [0.29, 0.717) is 12.8 Å². The van der Waals surface area contributed by atoms with Crippen LogP contribution in [0.1, 0.15) is 279 Å². The molecule has 1 N–H and O–H groups in total. The Morgan fingerprint density at radius 3 is 1.05 bits per heavy atom. The molecule has 0 spiro atoms. The number of hydrogen-bond acceptors (Lipinski definition) is 6. The highest BCUT2D eigenvalue weighted by Gasteiger charge is 2.28. The molecule has 0 saturated heterocycles. The lowest BCUT2D eigenvalue weighted by Gasteiger charge is -2.13. The zero-order valence-corrected chi connectivity index (χ0v) is 40.9. The summed E-state index contributed by atoms with van der Waals surface area (Å²) in [4.78, 5) is 25.5. The lowest BCUT2D eigenvalue weighted by molar-refractivity contribution is 0.0446. The third-order valence-corrected chi connectivity index (χ3v) is 12.9. The van der Waals surface area contributed by atoms with Crippen molar-refractivity contribution in [2.45, 2.75) is 263 Å². The fraction of sp³-hybridized carbons (Fsp3) is 0.778. The molecule has 0 radical (unpaired) electrons. The average molecular weight is 887 g/mol. The Bertz CT molecular complexity index is 1370. The van der Waals surface area contributed by atoms with Crippen LogP contribution in [-0.2, 0) is 19.6 Å². The fourth-order valence-corrected chi connectivity index (χ4v) is 8.78. The van der Waals surface area contributed by atoms with E-state index in [1.54, 1.807) is 0 Å². The second-order valence-corrected chi connectivity index (χ2v) is 19.2. The number of carbonyl (C=O) groups is 2. The van der Waals surface area contributed by atoms with Crippen LogP contribution in [0.2, 0.25) is 0 Å². The molecule has 0 heterocycles. The second kappa shape index (κ2) is 42.5. The Kier molecular flexibility index (Phi) is 39.5. The maximum Gasteiger partial charge on any atom is 0.340 e. The first kappa shape index (κ1) is 57.6. The molecule has 0 saturated carbocycles. The van der Waals surface area contributed by atoms with Crippen molar-refractivity contribution in [3.8, 4) is 0 Å². The first-order valence-electron chi connectivity index (χ1n) is 26.1. The molecule has 0 atom stereocenters. The number of unbranched alkanes of at least 4 members (excludes halogenated alkanes) is 34. The van der Waals surface area contributed by atoms with Crippen LogP contribution in [-0.4, -0.2) is 38.1 Å². The molecule has 0 aromatic heterocycles. The number of benzene rings is 1. The van der Waals surface area contributed by atoms with Crippen molar-refractivity contribution in [1.82, 2.24) is 0 Å². The van der Waals surface area contributed by atoms with E-state index < -0.39 is 32.5 Å². The van der Waals surface area contributed by atoms with Crippen LogP contribution in [0, 0.1) is 0 Å². The number of esters is 2. The molecule has 0 bridgehead atoms. The van der Waals surface area contributed by atoms with E-state index in [1.807, 2.05) is 0 Å². The summed E-state index contributed by atoms with van der Waals surface area (Å²) in [5.41, 5.74) is -0.682. The molecule has 0 unspecified atom stereocenters. The van der Waals surface area contributed by atoms with Gasteiger partial charge in [0, 0.05) is 0 Å². The van der Waals surface area contributed by atoms with Crippen LogP contribution < -0.4 is 0 Å². The molecule has 0 aliphatic rings. The summed E-state index contributed by atoms with van der Waals surface area (Å²) >= 11 is 0. The second-order valence-electron chi connectivity index (χ2n) is 17.8. The van der Waals surface area contributed by atoms with Crippen molar-refractivity contribution in [2.75, 3.05) is 13.2 Å². The third kappa shape index (κ3) is 34.0. The van der Waals surface area contributed by atoms with Gasteiger partial charge in [-0.15, -0.1) is 0 Å². The summed E-state index contributed by atoms with van der Waals surface area (Å²) in [5.74, 6) is -1.75. The summed E-state index contributed by atoms with van der Waals surface area (Å²) in [6, 6.07) is 3.76. The van der Waals surface area contributed by atoms with E-state index >= 15 is 0 Å². The highest BCUT2D eigenvalue weighted by molar-refractivity contribution is 7.86. The van der Waals surface area contributed by atoms with Gasteiger partial charge in [0.2, 0.25) is 0 Å². The van der Waals surface area contributed by atoms with Crippen LogP contribution in [0.4, 0.5) is 0 Å². The van der Waals surface area contributed by atoms with Crippen molar-refractivity contribution >= 4 is 22.1 Å². The van der Waals surface area contributed by atoms with Gasteiger partial charge in [0.25, 0.3) is 10.1 Å². The first-order valence-corrected chi connectivity index (χ1v) is 27.5. The van der Waals surface area contributed by atoms with Crippen molar-refractivity contribution in [3.05, 3.63) is 53.6 Å². The van der Waals surface area contributed by atoms with Gasteiger partial charge in [-0.2, -0.15) is 8.42 Å². The number of ether oxygens (including phenoxy) is 2. The Morgan fingerprint density at radius 2 is 0.726 bits per heavy atom. The highest BCUT2D eigenvalue weighted by Crippen LogP contribution is 2.23. The molecule has 1 aromatic carbocycles. The van der Waals surface area contributed by atoms with Gasteiger partial charge in [-0.3, -0.25) is 4.55 Å². The minimum absolute atomic E-state index is 0.102. The molecule has 1 aromatic rings. The molecule has 358 valence electrons. The molecule has 0 aliphatic carbocycles. The van der Waals surface area contributed by atoms with Crippen molar-refractivity contribution < 1.29 is 32.0 Å². The van der Waals surface area contributed by atoms with Gasteiger partial charge in [0.05, 0.1) is 24.3 Å². The maximum atomic E-state index is 13.1. The summed E-state index contributed by atoms with van der Waals surface area (Å²) in [6.45, 7) is 4.82. The van der Waals surface area contributed by atoms with Crippen molar-refractivity contribution in [3.63, 3.8) is 0 Å². The summed E-state index contributed by atoms with van der Waals surface area (Å²) in [7, 11) is -4.77. The van der Waals surface area contributed by atoms with Crippen LogP contribution in [0.5, 0.6) is 0 Å². The van der Waals surface area contributed by atoms with Crippen molar-refractivity contribution in [2.24, 2.45) is 0 Å². The minimum Gasteiger partial charge on any atom is -0.462 e. The molecule has 8 heteroatoms. The average Bonchev–Trinajstić information content (AvgIpc) is 3.26. The monoisotopic (exact) mass is 887 g/mol. The Morgan fingerprint density at radius 1 is 0.435 bits per heavy atom. The highest BCUT2D eigenvalue weighted by atomic mass is 32.2. The van der Waals surface area contributed by atoms with Gasteiger partial charge in [-0.25, -0.2) is 9.59 Å². The van der Waals surface area contributed by atoms with Gasteiger partial charge >= 0.3 is 11.9 Å². The normalized spacial score (nSPS) is 11.9. The SMILES string of the molecule is CCCCCCCCCCCCC/C=C/CCCCCCCCOC(=O)c1cccc(S(=O)(=O)O)c1C(=O)OCCCCCCCC/C=C/CCCCCCCCCCCCC. The quantitative estimate of drug-likeness (QED) is 0.0301. The summed E-state index contributed by atoms with van der Waals surface area (Å²) < 4.78 is 45.0. The van der Waals surface area contributed by atoms with Crippen LogP contribution in [0.3, 0.4) is 0 Å². The Balaban J connectivity index is 2.15. The first-order chi connectivity index (χ1) is 30.3. The molecule has 7 nitrogen and oxygen atoms in total. The van der Waals surface area contributed by atoms with Gasteiger partial charge in [0.15, 0.2) is 0 Å². The minimum atomic E-state index is -4.77. The predicted molar refractivity (Wildman–Crippen MR) is 262 cm³/mol. The zero-order valence-electron chi connectivity index (χ0n) is 40.1. The molecular formula is C54H94O7S. The van der Waals surface area contributed by atoms with Crippen molar-refractivity contribution in [1.29, 1.82) is 0 Å². The summed E-state index contributed by atoms with van der Waals surface area (Å²) in [6.07, 6.45) is 56.4. The zero-order chi connectivity index (χ0) is 45.0. The van der Waals surface area contributed by atoms with Gasteiger partial charge < -0.3 is 9.47 Å². The molecule has 62 heavy (non-hydrogen) atoms. The Labute approximate surface area is 382 Å². The molecule has 0 fully saturated rings. The van der Waals surface area contributed by atoms with Crippen LogP contribution >= 0.6 is 0 Å². The number of rotatable bonds is 45. The topological polar surface area (TPSA) is 107 Å². The van der Waals surface area contributed by atoms with E-state index in [4.69, 9.17) is 9.47 Å². The maximum absolute atomic E-state index is 13.1.